The Morgan fingerprint density at radius 2 is 1.84 bits per heavy atom. The highest BCUT2D eigenvalue weighted by Crippen LogP contribution is 2.18. The van der Waals surface area contributed by atoms with Gasteiger partial charge in [0.05, 0.1) is 23.8 Å². The number of anilines is 1. The Bertz CT molecular complexity index is 576. The first-order chi connectivity index (χ1) is 9.24. The molecule has 1 aromatic heterocycles. The van der Waals surface area contributed by atoms with Crippen LogP contribution in [0.25, 0.3) is 5.69 Å². The number of rotatable bonds is 2. The molecule has 3 rings (SSSR count). The van der Waals surface area contributed by atoms with Gasteiger partial charge in [0.2, 0.25) is 0 Å². The SMILES string of the molecule is Fc1ccc(-n2cc(N3CCNCC3)cn2)cc1F. The molecule has 0 unspecified atom stereocenters. The molecule has 0 radical (unpaired) electrons. The zero-order valence-corrected chi connectivity index (χ0v) is 10.3. The van der Waals surface area contributed by atoms with Crippen LogP contribution >= 0.6 is 0 Å². The third kappa shape index (κ3) is 2.44. The lowest BCUT2D eigenvalue weighted by Crippen LogP contribution is -2.43. The number of benzene rings is 1. The van der Waals surface area contributed by atoms with Gasteiger partial charge in [-0.15, -0.1) is 0 Å². The Morgan fingerprint density at radius 1 is 1.05 bits per heavy atom. The van der Waals surface area contributed by atoms with E-state index in [0.717, 1.165) is 44.0 Å². The van der Waals surface area contributed by atoms with Crippen LogP contribution in [0, 0.1) is 11.6 Å². The monoisotopic (exact) mass is 264 g/mol. The predicted octanol–water partition coefficient (Wildman–Crippen LogP) is 1.56. The van der Waals surface area contributed by atoms with Gasteiger partial charge >= 0.3 is 0 Å². The van der Waals surface area contributed by atoms with Gasteiger partial charge in [0.15, 0.2) is 11.6 Å². The van der Waals surface area contributed by atoms with Crippen molar-refractivity contribution in [3.8, 4) is 5.69 Å². The maximum absolute atomic E-state index is 13.2. The van der Waals surface area contributed by atoms with E-state index < -0.39 is 11.6 Å². The quantitative estimate of drug-likeness (QED) is 0.893. The summed E-state index contributed by atoms with van der Waals surface area (Å²) in [5, 5.41) is 7.47. The minimum Gasteiger partial charge on any atom is -0.366 e. The van der Waals surface area contributed by atoms with Crippen LogP contribution in [0.15, 0.2) is 30.6 Å². The molecule has 0 spiro atoms. The molecule has 19 heavy (non-hydrogen) atoms. The molecule has 1 aliphatic heterocycles. The van der Waals surface area contributed by atoms with E-state index in [1.807, 2.05) is 6.20 Å². The minimum atomic E-state index is -0.864. The lowest BCUT2D eigenvalue weighted by atomic mass is 10.3. The van der Waals surface area contributed by atoms with Crippen LogP contribution in [-0.2, 0) is 0 Å². The zero-order chi connectivity index (χ0) is 13.2. The standard InChI is InChI=1S/C13H14F2N4/c14-12-2-1-10(7-13(12)15)19-9-11(8-17-19)18-5-3-16-4-6-18/h1-2,7-9,16H,3-6H2. The molecular formula is C13H14F2N4. The highest BCUT2D eigenvalue weighted by Gasteiger charge is 2.13. The minimum absolute atomic E-state index is 0.514. The maximum Gasteiger partial charge on any atom is 0.160 e. The van der Waals surface area contributed by atoms with E-state index in [2.05, 4.69) is 15.3 Å². The van der Waals surface area contributed by atoms with Crippen molar-refractivity contribution in [2.75, 3.05) is 31.1 Å². The second kappa shape index (κ2) is 4.97. The molecule has 1 fully saturated rings. The predicted molar refractivity (Wildman–Crippen MR) is 68.6 cm³/mol. The molecule has 4 nitrogen and oxygen atoms in total. The molecule has 0 bridgehead atoms. The van der Waals surface area contributed by atoms with Gasteiger partial charge in [0.1, 0.15) is 0 Å². The number of aromatic nitrogens is 2. The molecule has 2 heterocycles. The molecule has 0 amide bonds. The summed E-state index contributed by atoms with van der Waals surface area (Å²) in [5.41, 5.74) is 1.51. The summed E-state index contributed by atoms with van der Waals surface area (Å²) < 4.78 is 27.6. The number of nitrogens with zero attached hydrogens (tertiary/aromatic N) is 3. The van der Waals surface area contributed by atoms with Gasteiger partial charge in [-0.2, -0.15) is 5.10 Å². The molecule has 2 aromatic rings. The van der Waals surface area contributed by atoms with Crippen molar-refractivity contribution in [1.82, 2.24) is 15.1 Å². The van der Waals surface area contributed by atoms with Crippen molar-refractivity contribution in [1.29, 1.82) is 0 Å². The van der Waals surface area contributed by atoms with Crippen molar-refractivity contribution < 1.29 is 8.78 Å². The van der Waals surface area contributed by atoms with Crippen LogP contribution in [0.2, 0.25) is 0 Å². The molecular weight excluding hydrogens is 250 g/mol. The molecule has 1 N–H and O–H groups in total. The van der Waals surface area contributed by atoms with Crippen LogP contribution in [0.5, 0.6) is 0 Å². The van der Waals surface area contributed by atoms with Crippen LogP contribution in [0.1, 0.15) is 0 Å². The maximum atomic E-state index is 13.2. The van der Waals surface area contributed by atoms with Crippen LogP contribution in [-0.4, -0.2) is 36.0 Å². The third-order valence-corrected chi connectivity index (χ3v) is 3.22. The van der Waals surface area contributed by atoms with Gasteiger partial charge in [-0.3, -0.25) is 0 Å². The molecule has 1 saturated heterocycles. The second-order valence-electron chi connectivity index (χ2n) is 4.48. The molecule has 0 saturated carbocycles. The smallest absolute Gasteiger partial charge is 0.160 e. The van der Waals surface area contributed by atoms with Gasteiger partial charge in [-0.25, -0.2) is 13.5 Å². The summed E-state index contributed by atoms with van der Waals surface area (Å²) in [6.07, 6.45) is 3.57. The molecule has 0 atom stereocenters. The Labute approximate surface area is 109 Å². The van der Waals surface area contributed by atoms with Crippen LogP contribution < -0.4 is 10.2 Å². The summed E-state index contributed by atoms with van der Waals surface area (Å²) >= 11 is 0. The number of piperazine rings is 1. The van der Waals surface area contributed by atoms with Crippen LogP contribution in [0.4, 0.5) is 14.5 Å². The Kier molecular flexibility index (Phi) is 3.16. The van der Waals surface area contributed by atoms with Gasteiger partial charge < -0.3 is 10.2 Å². The fourth-order valence-electron chi connectivity index (χ4n) is 2.17. The number of nitrogens with one attached hydrogen (secondary N) is 1. The first-order valence-corrected chi connectivity index (χ1v) is 6.20. The summed E-state index contributed by atoms with van der Waals surface area (Å²) in [7, 11) is 0. The second-order valence-corrected chi connectivity index (χ2v) is 4.48. The summed E-state index contributed by atoms with van der Waals surface area (Å²) in [6.45, 7) is 3.72. The molecule has 1 aliphatic rings. The van der Waals surface area contributed by atoms with Gasteiger partial charge in [-0.05, 0) is 12.1 Å². The first kappa shape index (κ1) is 12.1. The Hall–Kier alpha value is -1.95. The summed E-state index contributed by atoms with van der Waals surface area (Å²) in [5.74, 6) is -1.71. The highest BCUT2D eigenvalue weighted by molar-refractivity contribution is 5.45. The van der Waals surface area contributed by atoms with Crippen molar-refractivity contribution in [2.45, 2.75) is 0 Å². The Morgan fingerprint density at radius 3 is 2.58 bits per heavy atom. The highest BCUT2D eigenvalue weighted by atomic mass is 19.2. The van der Waals surface area contributed by atoms with Crippen molar-refractivity contribution in [3.63, 3.8) is 0 Å². The third-order valence-electron chi connectivity index (χ3n) is 3.22. The first-order valence-electron chi connectivity index (χ1n) is 6.20. The van der Waals surface area contributed by atoms with E-state index in [4.69, 9.17) is 0 Å². The number of hydrogen-bond donors (Lipinski definition) is 1. The van der Waals surface area contributed by atoms with E-state index in [0.29, 0.717) is 5.69 Å². The normalized spacial score (nSPS) is 15.8. The Balaban J connectivity index is 1.85. The fourth-order valence-corrected chi connectivity index (χ4v) is 2.17. The lowest BCUT2D eigenvalue weighted by molar-refractivity contribution is 0.507. The lowest BCUT2D eigenvalue weighted by Gasteiger charge is -2.27. The summed E-state index contributed by atoms with van der Waals surface area (Å²) in [4.78, 5) is 2.21. The zero-order valence-electron chi connectivity index (χ0n) is 10.3. The largest absolute Gasteiger partial charge is 0.366 e. The van der Waals surface area contributed by atoms with Gasteiger partial charge in [0, 0.05) is 32.2 Å². The van der Waals surface area contributed by atoms with Crippen molar-refractivity contribution >= 4 is 5.69 Å². The average Bonchev–Trinajstić information content (AvgIpc) is 2.93. The van der Waals surface area contributed by atoms with Gasteiger partial charge in [0.25, 0.3) is 0 Å². The molecule has 0 aliphatic carbocycles. The number of hydrogen-bond acceptors (Lipinski definition) is 3. The van der Waals surface area contributed by atoms with E-state index in [9.17, 15) is 8.78 Å². The van der Waals surface area contributed by atoms with Gasteiger partial charge in [-0.1, -0.05) is 0 Å². The fraction of sp³-hybridized carbons (Fsp3) is 0.308. The van der Waals surface area contributed by atoms with E-state index in [-0.39, 0.29) is 0 Å². The van der Waals surface area contributed by atoms with Crippen molar-refractivity contribution in [3.05, 3.63) is 42.2 Å². The topological polar surface area (TPSA) is 33.1 Å². The van der Waals surface area contributed by atoms with E-state index >= 15 is 0 Å². The number of halogens is 2. The van der Waals surface area contributed by atoms with Crippen LogP contribution in [0.3, 0.4) is 0 Å². The molecule has 6 heteroatoms. The van der Waals surface area contributed by atoms with E-state index in [1.165, 1.54) is 6.07 Å². The average molecular weight is 264 g/mol. The molecule has 1 aromatic carbocycles. The van der Waals surface area contributed by atoms with E-state index in [1.54, 1.807) is 10.9 Å². The summed E-state index contributed by atoms with van der Waals surface area (Å²) in [6, 6.07) is 3.76. The molecule has 100 valence electrons. The van der Waals surface area contributed by atoms with Crippen molar-refractivity contribution in [2.24, 2.45) is 0 Å².